The fourth-order valence-corrected chi connectivity index (χ4v) is 2.61. The molecule has 1 aromatic heterocycles. The van der Waals surface area contributed by atoms with Crippen LogP contribution in [0, 0.1) is 0 Å². The number of rotatable bonds is 4. The van der Waals surface area contributed by atoms with Gasteiger partial charge in [0.25, 0.3) is 0 Å². The number of hydrogen-bond acceptors (Lipinski definition) is 7. The molecule has 1 aliphatic heterocycles. The maximum Gasteiger partial charge on any atom is 0.368 e. The van der Waals surface area contributed by atoms with E-state index in [1.165, 1.54) is 5.01 Å². The molecule has 0 radical (unpaired) electrons. The number of aryl methyl sites for hydroxylation is 1. The van der Waals surface area contributed by atoms with Crippen molar-refractivity contribution in [1.82, 2.24) is 0 Å². The van der Waals surface area contributed by atoms with Crippen LogP contribution in [0.2, 0.25) is 0 Å². The number of anilines is 2. The van der Waals surface area contributed by atoms with E-state index in [2.05, 4.69) is 9.28 Å². The third-order valence-electron chi connectivity index (χ3n) is 4.23. The highest BCUT2D eigenvalue weighted by Gasteiger charge is 2.37. The fourth-order valence-electron chi connectivity index (χ4n) is 2.61. The van der Waals surface area contributed by atoms with E-state index in [-0.39, 0.29) is 5.91 Å². The third-order valence-corrected chi connectivity index (χ3v) is 4.64. The summed E-state index contributed by atoms with van der Waals surface area (Å²) in [4.78, 5) is 14.8. The predicted molar refractivity (Wildman–Crippen MR) is 114 cm³/mol. The molecule has 2 heterocycles. The van der Waals surface area contributed by atoms with Crippen LogP contribution in [0.4, 0.5) is 11.5 Å². The van der Waals surface area contributed by atoms with Gasteiger partial charge >= 0.3 is 11.7 Å². The smallest absolute Gasteiger partial charge is 0.368 e. The van der Waals surface area contributed by atoms with Gasteiger partial charge in [0.1, 0.15) is 0 Å². The molecule has 0 spiro atoms. The summed E-state index contributed by atoms with van der Waals surface area (Å²) in [6.45, 7) is 1.86. The van der Waals surface area contributed by atoms with Crippen molar-refractivity contribution in [3.8, 4) is 0 Å². The standard InChI is InChI=1S/C19H21N4O.CH4O4S/c1-14-17(13-15-8-10-16(11-9-15)21(2)3)19(24)23(20-14)18-7-5-6-12-22(18)4;1-5-6(2,3)4/h5-13H,1-4H3;1H3,(H,2,3,4)/q+1;/p-1. The highest BCUT2D eigenvalue weighted by Crippen LogP contribution is 2.23. The highest BCUT2D eigenvalue weighted by molar-refractivity contribution is 7.80. The van der Waals surface area contributed by atoms with Crippen LogP contribution in [-0.2, 0) is 26.4 Å². The molecule has 0 fully saturated rings. The first-order valence-corrected chi connectivity index (χ1v) is 10.2. The molecule has 0 atom stereocenters. The summed E-state index contributed by atoms with van der Waals surface area (Å²) in [6.07, 6.45) is 3.79. The van der Waals surface area contributed by atoms with Crippen LogP contribution in [0.15, 0.2) is 59.3 Å². The van der Waals surface area contributed by atoms with E-state index in [9.17, 15) is 17.8 Å². The minimum absolute atomic E-state index is 0.106. The topological polar surface area (TPSA) is 106 Å². The van der Waals surface area contributed by atoms with Crippen molar-refractivity contribution < 1.29 is 26.5 Å². The van der Waals surface area contributed by atoms with Crippen molar-refractivity contribution in [3.63, 3.8) is 0 Å². The maximum atomic E-state index is 12.8. The van der Waals surface area contributed by atoms with E-state index in [1.807, 2.05) is 92.3 Å². The van der Waals surface area contributed by atoms with Gasteiger partial charge in [0.15, 0.2) is 0 Å². The number of benzene rings is 1. The Bertz CT molecular complexity index is 1080. The Hall–Kier alpha value is -3.08. The number of hydrogen-bond donors (Lipinski definition) is 0. The Labute approximate surface area is 176 Å². The Balaban J connectivity index is 0.000000469. The van der Waals surface area contributed by atoms with Gasteiger partial charge in [-0.15, -0.1) is 0 Å². The minimum Gasteiger partial charge on any atom is -0.726 e. The summed E-state index contributed by atoms with van der Waals surface area (Å²) >= 11 is 0. The zero-order chi connectivity index (χ0) is 22.5. The van der Waals surface area contributed by atoms with Crippen LogP contribution in [0.5, 0.6) is 0 Å². The van der Waals surface area contributed by atoms with Crippen molar-refractivity contribution in [2.75, 3.05) is 31.1 Å². The molecule has 160 valence electrons. The van der Waals surface area contributed by atoms with Gasteiger partial charge in [-0.1, -0.05) is 28.3 Å². The lowest BCUT2D eigenvalue weighted by atomic mass is 10.1. The fraction of sp³-hybridized carbons (Fsp3) is 0.250. The third kappa shape index (κ3) is 5.96. The van der Waals surface area contributed by atoms with Crippen LogP contribution < -0.4 is 14.5 Å². The van der Waals surface area contributed by atoms with Crippen molar-refractivity contribution >= 4 is 39.6 Å². The van der Waals surface area contributed by atoms with E-state index in [4.69, 9.17) is 0 Å². The molecule has 2 aromatic rings. The average molecular weight is 433 g/mol. The zero-order valence-corrected chi connectivity index (χ0v) is 18.3. The van der Waals surface area contributed by atoms with Crippen LogP contribution in [-0.4, -0.2) is 45.8 Å². The molecule has 3 rings (SSSR count). The minimum atomic E-state index is -4.41. The molecule has 1 aromatic carbocycles. The lowest BCUT2D eigenvalue weighted by Gasteiger charge is -2.11. The first kappa shape index (κ1) is 23.2. The van der Waals surface area contributed by atoms with Crippen molar-refractivity contribution in [1.29, 1.82) is 0 Å². The second-order valence-corrected chi connectivity index (χ2v) is 7.74. The Morgan fingerprint density at radius 1 is 1.17 bits per heavy atom. The maximum absolute atomic E-state index is 12.8. The van der Waals surface area contributed by atoms with Gasteiger partial charge < -0.3 is 9.45 Å². The first-order valence-electron chi connectivity index (χ1n) is 8.88. The van der Waals surface area contributed by atoms with Gasteiger partial charge in [-0.05, 0) is 36.8 Å². The molecule has 0 saturated carbocycles. The monoisotopic (exact) mass is 432 g/mol. The highest BCUT2D eigenvalue weighted by atomic mass is 32.3. The summed E-state index contributed by atoms with van der Waals surface area (Å²) in [5, 5.41) is 5.88. The lowest BCUT2D eigenvalue weighted by Crippen LogP contribution is -2.37. The average Bonchev–Trinajstić information content (AvgIpc) is 2.97. The summed E-state index contributed by atoms with van der Waals surface area (Å²) in [5.74, 6) is 0.638. The second kappa shape index (κ2) is 9.61. The van der Waals surface area contributed by atoms with Crippen molar-refractivity contribution in [2.45, 2.75) is 6.92 Å². The number of carbonyl (C=O) groups excluding carboxylic acids is 1. The number of pyridine rings is 1. The number of hydrazone groups is 1. The van der Waals surface area contributed by atoms with Crippen LogP contribution in [0.3, 0.4) is 0 Å². The summed E-state index contributed by atoms with van der Waals surface area (Å²) < 4.78 is 32.9. The number of aromatic nitrogens is 1. The zero-order valence-electron chi connectivity index (χ0n) is 17.4. The van der Waals surface area contributed by atoms with Crippen LogP contribution >= 0.6 is 0 Å². The molecule has 1 aliphatic rings. The molecule has 30 heavy (non-hydrogen) atoms. The molecule has 0 bridgehead atoms. The summed E-state index contributed by atoms with van der Waals surface area (Å²) in [7, 11) is 2.30. The Morgan fingerprint density at radius 2 is 1.77 bits per heavy atom. The van der Waals surface area contributed by atoms with E-state index in [0.29, 0.717) is 5.57 Å². The normalized spacial score (nSPS) is 15.0. The Morgan fingerprint density at radius 3 is 2.27 bits per heavy atom. The van der Waals surface area contributed by atoms with Gasteiger partial charge in [0, 0.05) is 25.8 Å². The van der Waals surface area contributed by atoms with Crippen molar-refractivity contribution in [2.24, 2.45) is 12.1 Å². The van der Waals surface area contributed by atoms with Crippen LogP contribution in [0.25, 0.3) is 6.08 Å². The van der Waals surface area contributed by atoms with E-state index in [0.717, 1.165) is 29.9 Å². The summed E-state index contributed by atoms with van der Waals surface area (Å²) in [5.41, 5.74) is 3.45. The lowest BCUT2D eigenvalue weighted by molar-refractivity contribution is -0.658. The first-order chi connectivity index (χ1) is 14.0. The Kier molecular flexibility index (Phi) is 7.43. The molecule has 0 aliphatic carbocycles. The molecular formula is C20H24N4O5S. The van der Waals surface area contributed by atoms with Gasteiger partial charge in [0.05, 0.1) is 31.6 Å². The van der Waals surface area contributed by atoms with E-state index in [1.54, 1.807) is 0 Å². The summed E-state index contributed by atoms with van der Waals surface area (Å²) in [6, 6.07) is 13.8. The molecular weight excluding hydrogens is 408 g/mol. The number of amides is 1. The number of nitrogens with zero attached hydrogens (tertiary/aromatic N) is 4. The van der Waals surface area contributed by atoms with Gasteiger partial charge in [-0.3, -0.25) is 4.18 Å². The predicted octanol–water partition coefficient (Wildman–Crippen LogP) is 1.48. The number of carbonyl (C=O) groups is 1. The quantitative estimate of drug-likeness (QED) is 0.314. The van der Waals surface area contributed by atoms with Gasteiger partial charge in [-0.2, -0.15) is 0 Å². The molecule has 1 amide bonds. The molecule has 9 nitrogen and oxygen atoms in total. The van der Waals surface area contributed by atoms with Crippen LogP contribution in [0.1, 0.15) is 12.5 Å². The second-order valence-electron chi connectivity index (χ2n) is 6.59. The van der Waals surface area contributed by atoms with Gasteiger partial charge in [0.2, 0.25) is 10.4 Å². The SMILES string of the molecule is CC1=NN(c2cccc[n+]2C)C(=O)C1=Cc1ccc(N(C)C)cc1.COS(=O)(=O)[O-]. The molecule has 0 unspecified atom stereocenters. The molecule has 0 saturated heterocycles. The van der Waals surface area contributed by atoms with E-state index >= 15 is 0 Å². The largest absolute Gasteiger partial charge is 0.726 e. The molecule has 10 heteroatoms. The van der Waals surface area contributed by atoms with Crippen molar-refractivity contribution in [3.05, 3.63) is 59.8 Å². The van der Waals surface area contributed by atoms with Gasteiger partial charge in [-0.25, -0.2) is 17.8 Å². The molecule has 0 N–H and O–H groups in total. The van der Waals surface area contributed by atoms with E-state index < -0.39 is 10.4 Å².